The van der Waals surface area contributed by atoms with E-state index in [1.165, 1.54) is 6.92 Å². The van der Waals surface area contributed by atoms with E-state index in [1.807, 2.05) is 13.8 Å². The third-order valence-electron chi connectivity index (χ3n) is 2.26. The van der Waals surface area contributed by atoms with Gasteiger partial charge < -0.3 is 14.2 Å². The minimum atomic E-state index is -0.703. The van der Waals surface area contributed by atoms with E-state index < -0.39 is 18.4 Å². The summed E-state index contributed by atoms with van der Waals surface area (Å²) in [5, 5.41) is 0. The molecule has 3 unspecified atom stereocenters. The summed E-state index contributed by atoms with van der Waals surface area (Å²) in [5.74, 6) is -0.320. The molecule has 0 aliphatic carbocycles. The maximum atomic E-state index is 10.9. The first-order valence-corrected chi connectivity index (χ1v) is 4.96. The van der Waals surface area contributed by atoms with Crippen molar-refractivity contribution in [1.82, 2.24) is 0 Å². The molecule has 1 aliphatic heterocycles. The first-order chi connectivity index (χ1) is 6.91. The van der Waals surface area contributed by atoms with Crippen molar-refractivity contribution in [3.05, 3.63) is 0 Å². The fraction of sp³-hybridized carbons (Fsp3) is 0.800. The Hall–Kier alpha value is -1.26. The van der Waals surface area contributed by atoms with Gasteiger partial charge in [0.1, 0.15) is 12.2 Å². The molecule has 86 valence electrons. The van der Waals surface area contributed by atoms with Gasteiger partial charge in [0.25, 0.3) is 0 Å². The molecule has 1 rings (SSSR count). The highest BCUT2D eigenvalue weighted by molar-refractivity contribution is 5.66. The molecule has 0 aromatic heterocycles. The maximum Gasteiger partial charge on any atom is 0.509 e. The standard InChI is InChI=1S/C10H16O5/c1-5(2)8(14-7(4)11)9-6(3)13-10(12)15-9/h5-6,8-9H,1-4H3. The predicted molar refractivity (Wildman–Crippen MR) is 51.2 cm³/mol. The fourth-order valence-corrected chi connectivity index (χ4v) is 1.56. The van der Waals surface area contributed by atoms with Crippen molar-refractivity contribution < 1.29 is 23.8 Å². The molecular formula is C10H16O5. The van der Waals surface area contributed by atoms with Gasteiger partial charge in [0.05, 0.1) is 0 Å². The van der Waals surface area contributed by atoms with Crippen LogP contribution in [0.4, 0.5) is 4.79 Å². The molecular weight excluding hydrogens is 200 g/mol. The van der Waals surface area contributed by atoms with Gasteiger partial charge in [-0.3, -0.25) is 4.79 Å². The molecule has 0 N–H and O–H groups in total. The molecule has 0 aromatic carbocycles. The summed E-state index contributed by atoms with van der Waals surface area (Å²) in [6.45, 7) is 6.84. The Labute approximate surface area is 88.7 Å². The number of carbonyl (C=O) groups is 2. The topological polar surface area (TPSA) is 61.8 Å². The monoisotopic (exact) mass is 216 g/mol. The summed E-state index contributed by atoms with van der Waals surface area (Å²) in [4.78, 5) is 21.8. The normalized spacial score (nSPS) is 27.1. The van der Waals surface area contributed by atoms with Gasteiger partial charge in [0.2, 0.25) is 0 Å². The van der Waals surface area contributed by atoms with Crippen LogP contribution in [0.3, 0.4) is 0 Å². The zero-order valence-electron chi connectivity index (χ0n) is 9.35. The molecule has 0 bridgehead atoms. The van der Waals surface area contributed by atoms with Crippen LogP contribution in [0.15, 0.2) is 0 Å². The molecule has 5 nitrogen and oxygen atoms in total. The number of rotatable bonds is 3. The molecule has 0 saturated carbocycles. The van der Waals surface area contributed by atoms with Crippen LogP contribution in [0.5, 0.6) is 0 Å². The number of cyclic esters (lactones) is 2. The van der Waals surface area contributed by atoms with Gasteiger partial charge in [-0.15, -0.1) is 0 Å². The molecule has 1 heterocycles. The number of esters is 1. The van der Waals surface area contributed by atoms with Gasteiger partial charge >= 0.3 is 12.1 Å². The molecule has 5 heteroatoms. The van der Waals surface area contributed by atoms with Gasteiger partial charge in [0.15, 0.2) is 6.10 Å². The third-order valence-corrected chi connectivity index (χ3v) is 2.26. The van der Waals surface area contributed by atoms with Gasteiger partial charge in [0, 0.05) is 6.92 Å². The average molecular weight is 216 g/mol. The second kappa shape index (κ2) is 4.51. The first-order valence-electron chi connectivity index (χ1n) is 4.96. The summed E-state index contributed by atoms with van der Waals surface area (Å²) in [6, 6.07) is 0. The van der Waals surface area contributed by atoms with Gasteiger partial charge in [-0.25, -0.2) is 4.79 Å². The van der Waals surface area contributed by atoms with Crippen molar-refractivity contribution in [2.75, 3.05) is 0 Å². The van der Waals surface area contributed by atoms with Crippen LogP contribution in [-0.2, 0) is 19.0 Å². The Morgan fingerprint density at radius 2 is 2.00 bits per heavy atom. The lowest BCUT2D eigenvalue weighted by atomic mass is 9.98. The van der Waals surface area contributed by atoms with Crippen LogP contribution in [0.2, 0.25) is 0 Å². The van der Waals surface area contributed by atoms with Crippen molar-refractivity contribution >= 4 is 12.1 Å². The molecule has 0 amide bonds. The minimum absolute atomic E-state index is 0.0656. The average Bonchev–Trinajstić information content (AvgIpc) is 2.40. The summed E-state index contributed by atoms with van der Waals surface area (Å²) in [7, 11) is 0. The first kappa shape index (κ1) is 11.8. The zero-order valence-corrected chi connectivity index (χ0v) is 9.35. The van der Waals surface area contributed by atoms with Crippen molar-refractivity contribution in [2.45, 2.75) is 46.0 Å². The van der Waals surface area contributed by atoms with Gasteiger partial charge in [-0.05, 0) is 12.8 Å². The highest BCUT2D eigenvalue weighted by Crippen LogP contribution is 2.24. The smallest absolute Gasteiger partial charge is 0.458 e. The largest absolute Gasteiger partial charge is 0.509 e. The zero-order chi connectivity index (χ0) is 11.6. The summed E-state index contributed by atoms with van der Waals surface area (Å²) < 4.78 is 14.9. The lowest BCUT2D eigenvalue weighted by molar-refractivity contribution is -0.155. The van der Waals surface area contributed by atoms with Crippen LogP contribution >= 0.6 is 0 Å². The Kier molecular flexibility index (Phi) is 3.55. The summed E-state index contributed by atoms with van der Waals surface area (Å²) in [5.41, 5.74) is 0. The van der Waals surface area contributed by atoms with Crippen molar-refractivity contribution in [3.63, 3.8) is 0 Å². The van der Waals surface area contributed by atoms with E-state index in [4.69, 9.17) is 14.2 Å². The summed E-state index contributed by atoms with van der Waals surface area (Å²) in [6.07, 6.45) is -2.06. The van der Waals surface area contributed by atoms with Crippen LogP contribution in [0.1, 0.15) is 27.7 Å². The molecule has 0 aromatic rings. The Morgan fingerprint density at radius 1 is 1.40 bits per heavy atom. The second-order valence-corrected chi connectivity index (χ2v) is 3.97. The predicted octanol–water partition coefficient (Wildman–Crippen LogP) is 1.50. The third kappa shape index (κ3) is 2.84. The van der Waals surface area contributed by atoms with Crippen LogP contribution in [-0.4, -0.2) is 30.4 Å². The Balaban J connectivity index is 2.71. The van der Waals surface area contributed by atoms with E-state index in [0.29, 0.717) is 0 Å². The summed E-state index contributed by atoms with van der Waals surface area (Å²) >= 11 is 0. The van der Waals surface area contributed by atoms with E-state index in [-0.39, 0.29) is 18.0 Å². The number of carbonyl (C=O) groups excluding carboxylic acids is 2. The quantitative estimate of drug-likeness (QED) is 0.669. The lowest BCUT2D eigenvalue weighted by Gasteiger charge is -2.26. The molecule has 15 heavy (non-hydrogen) atoms. The highest BCUT2D eigenvalue weighted by Gasteiger charge is 2.42. The van der Waals surface area contributed by atoms with Crippen LogP contribution in [0, 0.1) is 5.92 Å². The Bertz CT molecular complexity index is 261. The maximum absolute atomic E-state index is 10.9. The van der Waals surface area contributed by atoms with Gasteiger partial charge in [-0.1, -0.05) is 13.8 Å². The molecule has 0 spiro atoms. The fourth-order valence-electron chi connectivity index (χ4n) is 1.56. The van der Waals surface area contributed by atoms with E-state index in [1.54, 1.807) is 6.92 Å². The Morgan fingerprint density at radius 3 is 2.33 bits per heavy atom. The van der Waals surface area contributed by atoms with Crippen LogP contribution < -0.4 is 0 Å². The minimum Gasteiger partial charge on any atom is -0.458 e. The van der Waals surface area contributed by atoms with E-state index in [9.17, 15) is 9.59 Å². The van der Waals surface area contributed by atoms with Crippen LogP contribution in [0.25, 0.3) is 0 Å². The molecule has 3 atom stereocenters. The lowest BCUT2D eigenvalue weighted by Crippen LogP contribution is -2.40. The highest BCUT2D eigenvalue weighted by atomic mass is 16.8. The molecule has 0 radical (unpaired) electrons. The van der Waals surface area contributed by atoms with E-state index in [2.05, 4.69) is 0 Å². The number of hydrogen-bond donors (Lipinski definition) is 0. The van der Waals surface area contributed by atoms with Crippen molar-refractivity contribution in [2.24, 2.45) is 5.92 Å². The molecule has 1 aliphatic rings. The molecule has 1 saturated heterocycles. The van der Waals surface area contributed by atoms with Crippen molar-refractivity contribution in [1.29, 1.82) is 0 Å². The van der Waals surface area contributed by atoms with E-state index >= 15 is 0 Å². The SMILES string of the molecule is CC(=O)OC(C(C)C)C1OC(=O)OC1C. The number of hydrogen-bond acceptors (Lipinski definition) is 5. The van der Waals surface area contributed by atoms with E-state index in [0.717, 1.165) is 0 Å². The molecule has 1 fully saturated rings. The second-order valence-electron chi connectivity index (χ2n) is 3.97. The number of ether oxygens (including phenoxy) is 3. The van der Waals surface area contributed by atoms with Crippen molar-refractivity contribution in [3.8, 4) is 0 Å². The van der Waals surface area contributed by atoms with Gasteiger partial charge in [-0.2, -0.15) is 0 Å².